The van der Waals surface area contributed by atoms with E-state index in [2.05, 4.69) is 21.2 Å². The molecule has 0 aliphatic carbocycles. The Morgan fingerprint density at radius 2 is 1.97 bits per heavy atom. The third-order valence-electron chi connectivity index (χ3n) is 7.87. The smallest absolute Gasteiger partial charge is 0.312 e. The first-order chi connectivity index (χ1) is 17.2. The SMILES string of the molecule is CCOC(=O)[C@@H]1[C@H]2O[C@@]3(CC2Br)[C@H](C(=O)Nc2ccc4ccccc4c2)N([C@@H](CO)C(C)C)C(=O)[C@@H]13. The number of esters is 1. The summed E-state index contributed by atoms with van der Waals surface area (Å²) in [6.45, 7) is 5.39. The highest BCUT2D eigenvalue weighted by atomic mass is 79.9. The van der Waals surface area contributed by atoms with E-state index in [0.29, 0.717) is 12.1 Å². The number of anilines is 1. The van der Waals surface area contributed by atoms with E-state index < -0.39 is 47.5 Å². The number of amides is 2. The molecule has 3 aliphatic rings. The summed E-state index contributed by atoms with van der Waals surface area (Å²) in [6.07, 6.45) is -0.172. The molecule has 1 unspecified atom stereocenters. The van der Waals surface area contributed by atoms with Gasteiger partial charge in [0.15, 0.2) is 0 Å². The van der Waals surface area contributed by atoms with E-state index in [1.54, 1.807) is 6.92 Å². The Labute approximate surface area is 218 Å². The molecule has 2 aromatic rings. The largest absolute Gasteiger partial charge is 0.466 e. The molecule has 36 heavy (non-hydrogen) atoms. The summed E-state index contributed by atoms with van der Waals surface area (Å²) in [7, 11) is 0. The van der Waals surface area contributed by atoms with Crippen LogP contribution in [0.2, 0.25) is 0 Å². The fraction of sp³-hybridized carbons (Fsp3) is 0.519. The first-order valence-electron chi connectivity index (χ1n) is 12.4. The topological polar surface area (TPSA) is 105 Å². The fourth-order valence-corrected chi connectivity index (χ4v) is 7.27. The van der Waals surface area contributed by atoms with Crippen LogP contribution in [0.3, 0.4) is 0 Å². The molecule has 7 atom stereocenters. The Kier molecular flexibility index (Phi) is 6.59. The summed E-state index contributed by atoms with van der Waals surface area (Å²) in [5, 5.41) is 15.3. The van der Waals surface area contributed by atoms with E-state index in [-0.39, 0.29) is 29.9 Å². The van der Waals surface area contributed by atoms with Crippen LogP contribution in [0.5, 0.6) is 0 Å². The van der Waals surface area contributed by atoms with Gasteiger partial charge in [0.05, 0.1) is 37.2 Å². The van der Waals surface area contributed by atoms with Crippen molar-refractivity contribution in [3.05, 3.63) is 42.5 Å². The molecule has 0 radical (unpaired) electrons. The van der Waals surface area contributed by atoms with Crippen LogP contribution < -0.4 is 5.32 Å². The zero-order valence-corrected chi connectivity index (χ0v) is 22.1. The number of hydrogen-bond acceptors (Lipinski definition) is 6. The van der Waals surface area contributed by atoms with Crippen molar-refractivity contribution in [1.82, 2.24) is 4.90 Å². The van der Waals surface area contributed by atoms with Gasteiger partial charge in [-0.2, -0.15) is 0 Å². The van der Waals surface area contributed by atoms with Gasteiger partial charge >= 0.3 is 5.97 Å². The van der Waals surface area contributed by atoms with Gasteiger partial charge in [-0.3, -0.25) is 14.4 Å². The summed E-state index contributed by atoms with van der Waals surface area (Å²) in [5.74, 6) is -3.03. The van der Waals surface area contributed by atoms with Crippen LogP contribution >= 0.6 is 15.9 Å². The summed E-state index contributed by atoms with van der Waals surface area (Å²) in [6, 6.07) is 11.9. The van der Waals surface area contributed by atoms with E-state index in [0.717, 1.165) is 10.8 Å². The number of hydrogen-bond donors (Lipinski definition) is 2. The Morgan fingerprint density at radius 3 is 2.64 bits per heavy atom. The van der Waals surface area contributed by atoms with E-state index in [1.165, 1.54) is 4.90 Å². The molecule has 2 aromatic carbocycles. The van der Waals surface area contributed by atoms with Gasteiger partial charge in [0, 0.05) is 10.5 Å². The lowest BCUT2D eigenvalue weighted by molar-refractivity contribution is -0.155. The summed E-state index contributed by atoms with van der Waals surface area (Å²) < 4.78 is 11.8. The van der Waals surface area contributed by atoms with Crippen LogP contribution in [0.1, 0.15) is 27.2 Å². The van der Waals surface area contributed by atoms with Crippen molar-refractivity contribution in [2.24, 2.45) is 17.8 Å². The van der Waals surface area contributed by atoms with Crippen molar-refractivity contribution in [1.29, 1.82) is 0 Å². The Bertz CT molecular complexity index is 1200. The maximum absolute atomic E-state index is 14.0. The van der Waals surface area contributed by atoms with E-state index in [1.807, 2.05) is 56.3 Å². The third-order valence-corrected chi connectivity index (χ3v) is 8.71. The zero-order chi connectivity index (χ0) is 25.8. The molecule has 3 saturated heterocycles. The quantitative estimate of drug-likeness (QED) is 0.399. The van der Waals surface area contributed by atoms with Crippen molar-refractivity contribution >= 4 is 50.2 Å². The molecule has 3 heterocycles. The summed E-state index contributed by atoms with van der Waals surface area (Å²) in [5.41, 5.74) is -0.600. The average molecular weight is 559 g/mol. The Morgan fingerprint density at radius 1 is 1.25 bits per heavy atom. The van der Waals surface area contributed by atoms with Gasteiger partial charge in [0.25, 0.3) is 0 Å². The number of fused-ring (bicyclic) bond motifs is 2. The number of benzene rings is 2. The number of alkyl halides is 1. The molecule has 3 aliphatic heterocycles. The molecular weight excluding hydrogens is 528 g/mol. The zero-order valence-electron chi connectivity index (χ0n) is 20.5. The minimum atomic E-state index is -1.20. The molecular formula is C27H31BrN2O6. The minimum absolute atomic E-state index is 0.122. The highest BCUT2D eigenvalue weighted by Crippen LogP contribution is 2.60. The second kappa shape index (κ2) is 9.43. The van der Waals surface area contributed by atoms with Crippen molar-refractivity contribution in [3.8, 4) is 0 Å². The minimum Gasteiger partial charge on any atom is -0.466 e. The standard InChI is InChI=1S/C27H31BrN2O6/c1-4-35-26(34)20-21-25(33)30(19(13-31)14(2)3)23(27(21)12-18(28)22(20)36-27)24(32)29-17-10-9-15-7-5-6-8-16(15)11-17/h5-11,14,18-23,31H,4,12-13H2,1-3H3,(H,29,32)/t18?,19-,20-,21+,22-,23-,27+/m0/s1. The lowest BCUT2D eigenvalue weighted by Gasteiger charge is -2.38. The number of carbonyl (C=O) groups excluding carboxylic acids is 3. The van der Waals surface area contributed by atoms with Gasteiger partial charge in [-0.05, 0) is 42.2 Å². The molecule has 2 amide bonds. The van der Waals surface area contributed by atoms with Gasteiger partial charge in [0.2, 0.25) is 11.8 Å². The van der Waals surface area contributed by atoms with E-state index in [4.69, 9.17) is 9.47 Å². The predicted molar refractivity (Wildman–Crippen MR) is 137 cm³/mol. The molecule has 0 saturated carbocycles. The molecule has 2 bridgehead atoms. The van der Waals surface area contributed by atoms with Crippen molar-refractivity contribution in [2.45, 2.75) is 55.8 Å². The number of aliphatic hydroxyl groups excluding tert-OH is 1. The number of ether oxygens (including phenoxy) is 2. The molecule has 1 spiro atoms. The summed E-state index contributed by atoms with van der Waals surface area (Å²) in [4.78, 5) is 42.2. The number of likely N-dealkylation sites (tertiary alicyclic amines) is 1. The van der Waals surface area contributed by atoms with Crippen molar-refractivity contribution in [2.75, 3.05) is 18.5 Å². The van der Waals surface area contributed by atoms with Crippen LogP contribution in [0.25, 0.3) is 10.8 Å². The molecule has 0 aromatic heterocycles. The number of nitrogens with one attached hydrogen (secondary N) is 1. The molecule has 9 heteroatoms. The van der Waals surface area contributed by atoms with Crippen LogP contribution in [0.4, 0.5) is 5.69 Å². The molecule has 3 fully saturated rings. The second-order valence-corrected chi connectivity index (χ2v) is 11.4. The Hall–Kier alpha value is -2.49. The van der Waals surface area contributed by atoms with Gasteiger partial charge < -0.3 is 24.8 Å². The molecule has 5 rings (SSSR count). The van der Waals surface area contributed by atoms with Gasteiger partial charge in [-0.25, -0.2) is 0 Å². The van der Waals surface area contributed by atoms with Crippen molar-refractivity contribution in [3.63, 3.8) is 0 Å². The molecule has 2 N–H and O–H groups in total. The number of rotatable bonds is 7. The number of aliphatic hydroxyl groups is 1. The van der Waals surface area contributed by atoms with Crippen molar-refractivity contribution < 1.29 is 29.0 Å². The summed E-state index contributed by atoms with van der Waals surface area (Å²) >= 11 is 3.64. The van der Waals surface area contributed by atoms with Crippen LogP contribution in [0.15, 0.2) is 42.5 Å². The van der Waals surface area contributed by atoms with Gasteiger partial charge in [0.1, 0.15) is 11.6 Å². The first kappa shape index (κ1) is 25.2. The predicted octanol–water partition coefficient (Wildman–Crippen LogP) is 3.11. The highest BCUT2D eigenvalue weighted by molar-refractivity contribution is 9.09. The fourth-order valence-electron chi connectivity index (χ4n) is 6.33. The average Bonchev–Trinajstić information content (AvgIpc) is 3.43. The maximum Gasteiger partial charge on any atom is 0.312 e. The van der Waals surface area contributed by atoms with Crippen LogP contribution in [-0.2, 0) is 23.9 Å². The van der Waals surface area contributed by atoms with Gasteiger partial charge in [-0.15, -0.1) is 0 Å². The molecule has 192 valence electrons. The first-order valence-corrected chi connectivity index (χ1v) is 13.4. The number of halogens is 1. The second-order valence-electron chi connectivity index (χ2n) is 10.2. The van der Waals surface area contributed by atoms with Crippen LogP contribution in [0, 0.1) is 17.8 Å². The molecule has 8 nitrogen and oxygen atoms in total. The van der Waals surface area contributed by atoms with Gasteiger partial charge in [-0.1, -0.05) is 60.1 Å². The highest BCUT2D eigenvalue weighted by Gasteiger charge is 2.77. The number of nitrogens with zero attached hydrogens (tertiary/aromatic N) is 1. The Balaban J connectivity index is 1.56. The maximum atomic E-state index is 14.0. The van der Waals surface area contributed by atoms with E-state index >= 15 is 0 Å². The monoisotopic (exact) mass is 558 g/mol. The lowest BCUT2D eigenvalue weighted by Crippen LogP contribution is -2.57. The van der Waals surface area contributed by atoms with Crippen LogP contribution in [-0.4, -0.2) is 69.6 Å². The third kappa shape index (κ3) is 3.74. The number of carbonyl (C=O) groups is 3. The normalized spacial score (nSPS) is 31.7. The lowest BCUT2D eigenvalue weighted by atomic mass is 9.70. The van der Waals surface area contributed by atoms with E-state index in [9.17, 15) is 19.5 Å².